The Morgan fingerprint density at radius 1 is 1.19 bits per heavy atom. The molecule has 0 saturated carbocycles. The molecule has 5 heteroatoms. The third-order valence-electron chi connectivity index (χ3n) is 3.02. The molecule has 0 amide bonds. The van der Waals surface area contributed by atoms with Crippen molar-refractivity contribution < 1.29 is 19.1 Å². The van der Waals surface area contributed by atoms with Gasteiger partial charge in [0.25, 0.3) is 0 Å². The number of ether oxygens (including phenoxy) is 1. The number of benzene rings is 2. The number of carbonyl (C=O) groups is 1. The molecular formula is C16H13NO4. The molecule has 3 N–H and O–H groups in total. The largest absolute Gasteiger partial charge is 0.508 e. The van der Waals surface area contributed by atoms with E-state index in [-0.39, 0.29) is 18.1 Å². The van der Waals surface area contributed by atoms with Gasteiger partial charge in [0.2, 0.25) is 5.76 Å². The second kappa shape index (κ2) is 5.20. The molecule has 3 aromatic rings. The fraction of sp³-hybridized carbons (Fsp3) is 0.0625. The summed E-state index contributed by atoms with van der Waals surface area (Å²) in [6.45, 7) is 0.0619. The summed E-state index contributed by atoms with van der Waals surface area (Å²) in [6, 6.07) is 13.3. The maximum Gasteiger partial charge on any atom is 0.374 e. The van der Waals surface area contributed by atoms with E-state index in [9.17, 15) is 9.90 Å². The average molecular weight is 283 g/mol. The molecule has 0 aliphatic heterocycles. The summed E-state index contributed by atoms with van der Waals surface area (Å²) in [6.07, 6.45) is 0. The molecule has 5 nitrogen and oxygen atoms in total. The van der Waals surface area contributed by atoms with Crippen LogP contribution in [-0.4, -0.2) is 11.1 Å². The normalized spacial score (nSPS) is 10.7. The van der Waals surface area contributed by atoms with Gasteiger partial charge in [0.05, 0.1) is 0 Å². The topological polar surface area (TPSA) is 85.7 Å². The predicted molar refractivity (Wildman–Crippen MR) is 77.9 cm³/mol. The molecular weight excluding hydrogens is 270 g/mol. The smallest absolute Gasteiger partial charge is 0.374 e. The number of carbonyl (C=O) groups excluding carboxylic acids is 1. The summed E-state index contributed by atoms with van der Waals surface area (Å²) in [7, 11) is 0. The van der Waals surface area contributed by atoms with E-state index in [1.54, 1.807) is 42.5 Å². The Morgan fingerprint density at radius 2 is 2.05 bits per heavy atom. The van der Waals surface area contributed by atoms with Crippen LogP contribution in [0.25, 0.3) is 11.0 Å². The summed E-state index contributed by atoms with van der Waals surface area (Å²) in [5, 5.41) is 10.1. The van der Waals surface area contributed by atoms with E-state index in [1.165, 1.54) is 6.07 Å². The number of rotatable bonds is 3. The van der Waals surface area contributed by atoms with Crippen LogP contribution < -0.4 is 5.73 Å². The zero-order valence-electron chi connectivity index (χ0n) is 11.1. The van der Waals surface area contributed by atoms with Gasteiger partial charge in [-0.2, -0.15) is 0 Å². The lowest BCUT2D eigenvalue weighted by atomic mass is 10.2. The zero-order chi connectivity index (χ0) is 14.8. The number of phenolic OH excluding ortho intramolecular Hbond substituents is 1. The van der Waals surface area contributed by atoms with Crippen LogP contribution >= 0.6 is 0 Å². The quantitative estimate of drug-likeness (QED) is 0.570. The standard InChI is InChI=1S/C16H13NO4/c17-12-4-5-14-11(7-12)8-15(21-14)16(19)20-9-10-2-1-3-13(18)6-10/h1-8,18H,9,17H2. The van der Waals surface area contributed by atoms with Crippen molar-refractivity contribution in [3.05, 3.63) is 59.9 Å². The lowest BCUT2D eigenvalue weighted by Gasteiger charge is -2.03. The first-order chi connectivity index (χ1) is 10.1. The Kier molecular flexibility index (Phi) is 3.23. The number of anilines is 1. The molecule has 3 rings (SSSR count). The number of fused-ring (bicyclic) bond motifs is 1. The van der Waals surface area contributed by atoms with Crippen molar-refractivity contribution in [3.63, 3.8) is 0 Å². The van der Waals surface area contributed by atoms with Crippen molar-refractivity contribution in [2.45, 2.75) is 6.61 Å². The Morgan fingerprint density at radius 3 is 2.86 bits per heavy atom. The Balaban J connectivity index is 1.74. The lowest BCUT2D eigenvalue weighted by molar-refractivity contribution is 0.0438. The highest BCUT2D eigenvalue weighted by Gasteiger charge is 2.14. The van der Waals surface area contributed by atoms with Crippen molar-refractivity contribution in [1.82, 2.24) is 0 Å². The summed E-state index contributed by atoms with van der Waals surface area (Å²) in [5.41, 5.74) is 7.55. The molecule has 0 aliphatic carbocycles. The number of esters is 1. The highest BCUT2D eigenvalue weighted by Crippen LogP contribution is 2.22. The van der Waals surface area contributed by atoms with Crippen molar-refractivity contribution in [2.24, 2.45) is 0 Å². The summed E-state index contributed by atoms with van der Waals surface area (Å²) in [5.74, 6) is -0.313. The third kappa shape index (κ3) is 2.81. The average Bonchev–Trinajstić information content (AvgIpc) is 2.88. The molecule has 2 aromatic carbocycles. The number of phenols is 1. The van der Waals surface area contributed by atoms with Gasteiger partial charge in [-0.05, 0) is 42.0 Å². The molecule has 0 aliphatic rings. The number of nitrogens with two attached hydrogens (primary N) is 1. The highest BCUT2D eigenvalue weighted by atomic mass is 16.5. The van der Waals surface area contributed by atoms with Gasteiger partial charge in [-0.3, -0.25) is 0 Å². The SMILES string of the molecule is Nc1ccc2oc(C(=O)OCc3cccc(O)c3)cc2c1. The maximum atomic E-state index is 11.9. The van der Waals surface area contributed by atoms with Crippen LogP contribution in [0.5, 0.6) is 5.75 Å². The first-order valence-electron chi connectivity index (χ1n) is 6.36. The minimum Gasteiger partial charge on any atom is -0.508 e. The van der Waals surface area contributed by atoms with Crippen molar-refractivity contribution >= 4 is 22.6 Å². The highest BCUT2D eigenvalue weighted by molar-refractivity contribution is 5.93. The van der Waals surface area contributed by atoms with Crippen LogP contribution in [0.2, 0.25) is 0 Å². The molecule has 1 heterocycles. The first kappa shape index (κ1) is 13.1. The Bertz CT molecular complexity index is 807. The molecule has 0 radical (unpaired) electrons. The number of hydrogen-bond donors (Lipinski definition) is 2. The molecule has 0 fully saturated rings. The fourth-order valence-corrected chi connectivity index (χ4v) is 2.03. The predicted octanol–water partition coefficient (Wildman–Crippen LogP) is 3.08. The van der Waals surface area contributed by atoms with E-state index in [4.69, 9.17) is 14.9 Å². The number of hydrogen-bond acceptors (Lipinski definition) is 5. The molecule has 0 spiro atoms. The summed E-state index contributed by atoms with van der Waals surface area (Å²) < 4.78 is 10.6. The number of nitrogen functional groups attached to an aromatic ring is 1. The van der Waals surface area contributed by atoms with Gasteiger partial charge in [0.15, 0.2) is 0 Å². The van der Waals surface area contributed by atoms with Crippen LogP contribution in [0.1, 0.15) is 16.1 Å². The molecule has 21 heavy (non-hydrogen) atoms. The van der Waals surface area contributed by atoms with Gasteiger partial charge >= 0.3 is 5.97 Å². The Labute approximate surface area is 120 Å². The molecule has 0 unspecified atom stereocenters. The number of furan rings is 1. The second-order valence-electron chi connectivity index (χ2n) is 4.65. The van der Waals surface area contributed by atoms with E-state index < -0.39 is 5.97 Å². The van der Waals surface area contributed by atoms with Gasteiger partial charge in [-0.15, -0.1) is 0 Å². The molecule has 0 bridgehead atoms. The minimum absolute atomic E-state index is 0.0619. The van der Waals surface area contributed by atoms with E-state index in [1.807, 2.05) is 0 Å². The Hall–Kier alpha value is -2.95. The molecule has 0 saturated heterocycles. The van der Waals surface area contributed by atoms with Crippen molar-refractivity contribution in [2.75, 3.05) is 5.73 Å². The summed E-state index contributed by atoms with van der Waals surface area (Å²) in [4.78, 5) is 11.9. The van der Waals surface area contributed by atoms with E-state index in [0.29, 0.717) is 16.8 Å². The fourth-order valence-electron chi connectivity index (χ4n) is 2.03. The van der Waals surface area contributed by atoms with Crippen LogP contribution in [0.3, 0.4) is 0 Å². The minimum atomic E-state index is -0.562. The third-order valence-corrected chi connectivity index (χ3v) is 3.02. The van der Waals surface area contributed by atoms with Crippen LogP contribution in [0.15, 0.2) is 52.9 Å². The maximum absolute atomic E-state index is 11.9. The first-order valence-corrected chi connectivity index (χ1v) is 6.36. The van der Waals surface area contributed by atoms with Crippen LogP contribution in [-0.2, 0) is 11.3 Å². The van der Waals surface area contributed by atoms with Crippen LogP contribution in [0.4, 0.5) is 5.69 Å². The second-order valence-corrected chi connectivity index (χ2v) is 4.65. The van der Waals surface area contributed by atoms with Crippen LogP contribution in [0, 0.1) is 0 Å². The van der Waals surface area contributed by atoms with Gasteiger partial charge in [0.1, 0.15) is 17.9 Å². The van der Waals surface area contributed by atoms with Crippen molar-refractivity contribution in [1.29, 1.82) is 0 Å². The van der Waals surface area contributed by atoms with Gasteiger partial charge < -0.3 is 20.0 Å². The molecule has 1 aromatic heterocycles. The van der Waals surface area contributed by atoms with Gasteiger partial charge in [0, 0.05) is 11.1 Å². The van der Waals surface area contributed by atoms with E-state index >= 15 is 0 Å². The zero-order valence-corrected chi connectivity index (χ0v) is 11.1. The monoisotopic (exact) mass is 283 g/mol. The van der Waals surface area contributed by atoms with Crippen molar-refractivity contribution in [3.8, 4) is 5.75 Å². The molecule has 106 valence electrons. The number of aromatic hydroxyl groups is 1. The van der Waals surface area contributed by atoms with Gasteiger partial charge in [-0.1, -0.05) is 12.1 Å². The summed E-state index contributed by atoms with van der Waals surface area (Å²) >= 11 is 0. The lowest BCUT2D eigenvalue weighted by Crippen LogP contribution is -2.03. The van der Waals surface area contributed by atoms with E-state index in [0.717, 1.165) is 5.39 Å². The van der Waals surface area contributed by atoms with E-state index in [2.05, 4.69) is 0 Å². The molecule has 0 atom stereocenters. The van der Waals surface area contributed by atoms with Gasteiger partial charge in [-0.25, -0.2) is 4.79 Å².